The average molecular weight is 412 g/mol. The van der Waals surface area contributed by atoms with E-state index in [4.69, 9.17) is 10.5 Å². The maximum absolute atomic E-state index is 11.7. The second kappa shape index (κ2) is 9.09. The molecule has 26 heavy (non-hydrogen) atoms. The first-order valence-corrected chi connectivity index (χ1v) is 8.04. The van der Waals surface area contributed by atoms with Gasteiger partial charge in [0.2, 0.25) is 5.95 Å². The van der Waals surface area contributed by atoms with Crippen molar-refractivity contribution < 1.29 is 92.9 Å². The molecule has 0 bridgehead atoms. The standard InChI is InChI=1S/C10H14N5O8P.2Na/c11-10-13-7-4(8(18)14-10)12-2-15(7)9-6(17)5(16)3(23-9)1-22-24(19,20)21;;/h2-3,5-6,9,16-17H,1H2,(H2,19,20,21)(H3,11,13,14,18);;/q;2*+1/p-2/t3-,5-,6+,9-;;/m0../s1/i11+1,12+1,13+1,14+1,15+1;;. The third-order valence-corrected chi connectivity index (χ3v) is 3.92. The van der Waals surface area contributed by atoms with Gasteiger partial charge in [-0.05, 0) is 0 Å². The Morgan fingerprint density at radius 1 is 1.38 bits per heavy atom. The Kier molecular flexibility index (Phi) is 8.46. The molecule has 1 saturated heterocycles. The molecule has 16 heteroatoms. The summed E-state index contributed by atoms with van der Waals surface area (Å²) < 4.78 is 21.0. The fraction of sp³-hybridized carbons (Fsp3) is 0.500. The molecule has 13 nitrogen and oxygen atoms in total. The van der Waals surface area contributed by atoms with Crippen molar-refractivity contribution in [2.75, 3.05) is 12.3 Å². The maximum atomic E-state index is 11.7. The largest absolute Gasteiger partial charge is 1.00 e. The van der Waals surface area contributed by atoms with Gasteiger partial charge in [-0.25, -0.2) is 4.98 Å². The number of aromatic nitrogens is 4. The molecule has 0 unspecified atom stereocenters. The van der Waals surface area contributed by atoms with Gasteiger partial charge in [0.05, 0.1) is 20.8 Å². The topological polar surface area (TPSA) is 212 Å². The van der Waals surface area contributed by atoms with Crippen molar-refractivity contribution >= 4 is 24.9 Å². The van der Waals surface area contributed by atoms with Crippen LogP contribution in [0.15, 0.2) is 11.1 Å². The number of phosphoric acid groups is 1. The number of aliphatic hydroxyl groups excluding tert-OH is 2. The number of rotatable bonds is 4. The Morgan fingerprint density at radius 2 is 2.04 bits per heavy atom. The molecule has 0 radical (unpaired) electrons. The number of nitrogen functional groups attached to an aromatic ring is 1. The van der Waals surface area contributed by atoms with E-state index < -0.39 is 44.5 Å². The molecular weight excluding hydrogens is 400 g/mol. The van der Waals surface area contributed by atoms with Crippen molar-refractivity contribution in [2.45, 2.75) is 24.5 Å². The van der Waals surface area contributed by atoms with Gasteiger partial charge < -0.3 is 39.6 Å². The number of hydrogen-bond acceptors (Lipinski definition) is 11. The molecule has 5 N–H and O–H groups in total. The molecule has 0 aliphatic carbocycles. The van der Waals surface area contributed by atoms with Crippen LogP contribution in [0.2, 0.25) is 0 Å². The minimum absolute atomic E-state index is 0. The number of aromatic amines is 1. The normalized spacial score (nSPS) is 25.7. The molecule has 1 fully saturated rings. The van der Waals surface area contributed by atoms with Gasteiger partial charge in [-0.15, -0.1) is 0 Å². The van der Waals surface area contributed by atoms with E-state index in [0.29, 0.717) is 0 Å². The number of ether oxygens (including phenoxy) is 1. The zero-order valence-electron chi connectivity index (χ0n) is 13.8. The predicted molar refractivity (Wildman–Crippen MR) is 72.0 cm³/mol. The van der Waals surface area contributed by atoms with Crippen LogP contribution in [0.4, 0.5) is 5.95 Å². The quantitative estimate of drug-likeness (QED) is 0.210. The molecule has 4 atom stereocenters. The van der Waals surface area contributed by atoms with Crippen LogP contribution in [0.3, 0.4) is 0 Å². The first-order valence-electron chi connectivity index (χ1n) is 6.58. The second-order valence-corrected chi connectivity index (χ2v) is 6.22. The smallest absolute Gasteiger partial charge is 0.790 e. The van der Waals surface area contributed by atoms with Crippen LogP contribution in [-0.4, -0.2) is 54.7 Å². The van der Waals surface area contributed by atoms with Crippen molar-refractivity contribution in [3.8, 4) is 0 Å². The Labute approximate surface area is 189 Å². The molecular formula is C10H12N5Na2O8P. The first kappa shape index (κ1) is 24.2. The molecule has 1 aliphatic heterocycles. The predicted octanol–water partition coefficient (Wildman–Crippen LogP) is -9.83. The van der Waals surface area contributed by atoms with E-state index in [1.165, 1.54) is 0 Å². The van der Waals surface area contributed by atoms with Crippen molar-refractivity contribution in [1.29, 1.82) is 0 Å². The van der Waals surface area contributed by atoms with Crippen molar-refractivity contribution in [3.05, 3.63) is 16.7 Å². The van der Waals surface area contributed by atoms with Crippen molar-refractivity contribution in [1.82, 2.24) is 19.5 Å². The minimum Gasteiger partial charge on any atom is -0.790 e. The van der Waals surface area contributed by atoms with Gasteiger partial charge in [0.15, 0.2) is 17.4 Å². The Hall–Kier alpha value is 0.140. The molecule has 0 saturated carbocycles. The van der Waals surface area contributed by atoms with E-state index in [2.05, 4.69) is 19.5 Å². The van der Waals surface area contributed by atoms with Crippen LogP contribution >= 0.6 is 7.82 Å². The molecule has 0 amide bonds. The Balaban J connectivity index is 0.00000169. The summed E-state index contributed by atoms with van der Waals surface area (Å²) in [5.41, 5.74) is 4.77. The van der Waals surface area contributed by atoms with Gasteiger partial charge in [-0.3, -0.25) is 14.3 Å². The summed E-state index contributed by atoms with van der Waals surface area (Å²) in [5, 5.41) is 20.0. The Bertz CT molecular complexity index is 871. The van der Waals surface area contributed by atoms with Gasteiger partial charge in [0.25, 0.3) is 5.56 Å². The number of nitrogens with one attached hydrogen (secondary N) is 1. The number of H-pyrrole nitrogens is 1. The molecule has 0 spiro atoms. The number of fused-ring (bicyclic) bond motifs is 1. The molecule has 0 aromatic carbocycles. The molecule has 2 aromatic rings. The van der Waals surface area contributed by atoms with Crippen LogP contribution < -0.4 is 80.2 Å². The zero-order valence-corrected chi connectivity index (χ0v) is 18.7. The number of imidazole rings is 1. The summed E-state index contributed by atoms with van der Waals surface area (Å²) >= 11 is 0. The van der Waals surface area contributed by atoms with Gasteiger partial charge >= 0.3 is 59.1 Å². The van der Waals surface area contributed by atoms with E-state index >= 15 is 0 Å². The molecule has 3 rings (SSSR count). The first-order chi connectivity index (χ1) is 11.2. The summed E-state index contributed by atoms with van der Waals surface area (Å²) in [5.74, 6) is -0.194. The Morgan fingerprint density at radius 3 is 2.65 bits per heavy atom. The fourth-order valence-electron chi connectivity index (χ4n) is 2.39. The molecule has 2 aromatic heterocycles. The number of hydrogen-bond donors (Lipinski definition) is 4. The summed E-state index contributed by atoms with van der Waals surface area (Å²) in [6.07, 6.45) is -4.46. The van der Waals surface area contributed by atoms with E-state index in [1.807, 2.05) is 0 Å². The van der Waals surface area contributed by atoms with E-state index in [0.717, 1.165) is 10.9 Å². The summed E-state index contributed by atoms with van der Waals surface area (Å²) in [4.78, 5) is 42.7. The van der Waals surface area contributed by atoms with Gasteiger partial charge in [0.1, 0.15) is 18.3 Å². The van der Waals surface area contributed by atoms with E-state index in [1.54, 1.807) is 0 Å². The van der Waals surface area contributed by atoms with Crippen LogP contribution in [-0.2, 0) is 13.8 Å². The van der Waals surface area contributed by atoms with Crippen molar-refractivity contribution in [2.24, 2.45) is 0 Å². The van der Waals surface area contributed by atoms with Gasteiger partial charge in [0, 0.05) is 0 Å². The zero-order chi connectivity index (χ0) is 17.6. The SMILES string of the molecule is [15NH2]c1[15n]c2c([15n]c[15n]2[C@H]2O[C@@H](COP(=O)([O-])[O-])[C@H](O)[C@H]2O)c(=O)[15nH]1.[Na+].[Na+]. The fourth-order valence-corrected chi connectivity index (χ4v) is 2.72. The monoisotopic (exact) mass is 412 g/mol. The number of phosphoric ester groups is 1. The van der Waals surface area contributed by atoms with Crippen molar-refractivity contribution in [3.63, 3.8) is 0 Å². The van der Waals surface area contributed by atoms with Crippen LogP contribution in [0.25, 0.3) is 11.2 Å². The van der Waals surface area contributed by atoms with E-state index in [-0.39, 0.29) is 76.2 Å². The summed E-state index contributed by atoms with van der Waals surface area (Å²) in [6.45, 7) is -0.776. The van der Waals surface area contributed by atoms with Crippen LogP contribution in [0.1, 0.15) is 6.23 Å². The summed E-state index contributed by atoms with van der Waals surface area (Å²) in [6, 6.07) is 0. The van der Waals surface area contributed by atoms with Crippen LogP contribution in [0, 0.1) is 0 Å². The molecule has 132 valence electrons. The minimum atomic E-state index is -5.26. The average Bonchev–Trinajstić information content (AvgIpc) is 3.00. The van der Waals surface area contributed by atoms with Gasteiger partial charge in [-0.1, -0.05) is 0 Å². The summed E-state index contributed by atoms with van der Waals surface area (Å²) in [7, 11) is -5.26. The number of aliphatic hydroxyl groups is 2. The third kappa shape index (κ3) is 4.94. The number of nitrogens with two attached hydrogens (primary N) is 1. The van der Waals surface area contributed by atoms with Gasteiger partial charge in [-0.2, -0.15) is 4.98 Å². The number of nitrogens with zero attached hydrogens (tertiary/aromatic N) is 3. The van der Waals surface area contributed by atoms with Crippen LogP contribution in [0.5, 0.6) is 0 Å². The molecule has 1 aliphatic rings. The third-order valence-electron chi connectivity index (χ3n) is 3.46. The maximum Gasteiger partial charge on any atom is 1.00 e. The van der Waals surface area contributed by atoms with E-state index in [9.17, 15) is 29.4 Å². The second-order valence-electron chi connectivity index (χ2n) is 5.06. The molecule has 3 heterocycles. The number of anilines is 1.